The van der Waals surface area contributed by atoms with E-state index in [-0.39, 0.29) is 18.4 Å². The van der Waals surface area contributed by atoms with Crippen LogP contribution in [0, 0.1) is 5.92 Å². The number of rotatable bonds is 4. The predicted molar refractivity (Wildman–Crippen MR) is 85.0 cm³/mol. The Kier molecular flexibility index (Phi) is 4.45. The number of anilines is 1. The molecule has 2 atom stereocenters. The summed E-state index contributed by atoms with van der Waals surface area (Å²) in [6.07, 6.45) is 3.26. The monoisotopic (exact) mass is 302 g/mol. The van der Waals surface area contributed by atoms with Crippen molar-refractivity contribution in [1.29, 1.82) is 0 Å². The fourth-order valence-corrected chi connectivity index (χ4v) is 3.15. The summed E-state index contributed by atoms with van der Waals surface area (Å²) in [6.45, 7) is 6.04. The van der Waals surface area contributed by atoms with Gasteiger partial charge in [-0.25, -0.2) is 0 Å². The average Bonchev–Trinajstić information content (AvgIpc) is 2.57. The van der Waals surface area contributed by atoms with Gasteiger partial charge in [0.2, 0.25) is 0 Å². The van der Waals surface area contributed by atoms with E-state index in [2.05, 4.69) is 11.9 Å². The average molecular weight is 302 g/mol. The highest BCUT2D eigenvalue weighted by Crippen LogP contribution is 2.36. The van der Waals surface area contributed by atoms with E-state index >= 15 is 0 Å². The van der Waals surface area contributed by atoms with E-state index in [0.29, 0.717) is 12.3 Å². The van der Waals surface area contributed by atoms with Crippen LogP contribution in [0.2, 0.25) is 0 Å². The third-order valence-corrected chi connectivity index (χ3v) is 4.36. The normalized spacial score (nSPS) is 22.7. The van der Waals surface area contributed by atoms with Gasteiger partial charge in [0.25, 0.3) is 5.91 Å². The fraction of sp³-hybridized carbons (Fsp3) is 0.471. The van der Waals surface area contributed by atoms with E-state index in [0.717, 1.165) is 37.2 Å². The van der Waals surface area contributed by atoms with Crippen LogP contribution >= 0.6 is 0 Å². The first-order chi connectivity index (χ1) is 10.7. The van der Waals surface area contributed by atoms with Crippen LogP contribution < -0.4 is 15.0 Å². The van der Waals surface area contributed by atoms with Crippen molar-refractivity contribution < 1.29 is 14.6 Å². The number of hydrogen-bond donors (Lipinski definition) is 2. The molecule has 22 heavy (non-hydrogen) atoms. The maximum Gasteiger partial charge on any atom is 0.265 e. The molecule has 2 heterocycles. The van der Waals surface area contributed by atoms with E-state index in [4.69, 9.17) is 4.74 Å². The topological polar surface area (TPSA) is 61.8 Å². The largest absolute Gasteiger partial charge is 0.482 e. The van der Waals surface area contributed by atoms with Crippen molar-refractivity contribution in [2.45, 2.75) is 18.9 Å². The van der Waals surface area contributed by atoms with Crippen LogP contribution in [0.4, 0.5) is 5.69 Å². The van der Waals surface area contributed by atoms with Gasteiger partial charge in [0, 0.05) is 19.0 Å². The molecule has 1 amide bonds. The number of benzene rings is 1. The minimum absolute atomic E-state index is 0.0509. The molecule has 5 nitrogen and oxygen atoms in total. The molecule has 2 aliphatic rings. The highest BCUT2D eigenvalue weighted by molar-refractivity contribution is 5.98. The molecule has 118 valence electrons. The summed E-state index contributed by atoms with van der Waals surface area (Å²) in [7, 11) is 0. The van der Waals surface area contributed by atoms with Gasteiger partial charge >= 0.3 is 0 Å². The smallest absolute Gasteiger partial charge is 0.265 e. The lowest BCUT2D eigenvalue weighted by atomic mass is 9.89. The number of nitrogens with one attached hydrogen (secondary N) is 1. The lowest BCUT2D eigenvalue weighted by Crippen LogP contribution is -2.39. The number of fused-ring (bicyclic) bond motifs is 1. The van der Waals surface area contributed by atoms with Gasteiger partial charge in [0.05, 0.1) is 11.8 Å². The number of amides is 1. The van der Waals surface area contributed by atoms with Crippen LogP contribution in [0.25, 0.3) is 0 Å². The number of carbonyl (C=O) groups is 1. The Morgan fingerprint density at radius 2 is 2.41 bits per heavy atom. The molecule has 5 heteroatoms. The van der Waals surface area contributed by atoms with Crippen molar-refractivity contribution >= 4 is 11.6 Å². The Morgan fingerprint density at radius 3 is 3.14 bits per heavy atom. The van der Waals surface area contributed by atoms with E-state index < -0.39 is 6.10 Å². The number of aliphatic hydroxyl groups excluding tert-OH is 1. The molecule has 2 aliphatic heterocycles. The Balaban J connectivity index is 1.88. The quantitative estimate of drug-likeness (QED) is 0.830. The van der Waals surface area contributed by atoms with Gasteiger partial charge in [-0.3, -0.25) is 4.79 Å². The van der Waals surface area contributed by atoms with Crippen molar-refractivity contribution in [1.82, 2.24) is 5.32 Å². The van der Waals surface area contributed by atoms with Crippen LogP contribution in [-0.4, -0.2) is 37.3 Å². The number of piperidine rings is 1. The number of nitrogens with zero attached hydrogens (tertiary/aromatic N) is 1. The lowest BCUT2D eigenvalue weighted by Gasteiger charge is -2.31. The molecule has 0 spiro atoms. The van der Waals surface area contributed by atoms with Gasteiger partial charge in [-0.05, 0) is 37.1 Å². The minimum Gasteiger partial charge on any atom is -0.482 e. The van der Waals surface area contributed by atoms with Crippen LogP contribution in [-0.2, 0) is 4.79 Å². The highest BCUT2D eigenvalue weighted by atomic mass is 16.5. The first-order valence-electron chi connectivity index (χ1n) is 7.77. The lowest BCUT2D eigenvalue weighted by molar-refractivity contribution is -0.121. The van der Waals surface area contributed by atoms with Gasteiger partial charge in [-0.15, -0.1) is 6.58 Å². The zero-order valence-corrected chi connectivity index (χ0v) is 12.6. The molecule has 1 fully saturated rings. The van der Waals surface area contributed by atoms with Gasteiger partial charge in [-0.1, -0.05) is 12.1 Å². The Bertz CT molecular complexity index is 567. The highest BCUT2D eigenvalue weighted by Gasteiger charge is 2.28. The number of ether oxygens (including phenoxy) is 1. The number of carbonyl (C=O) groups excluding carboxylic acids is 1. The Morgan fingerprint density at radius 1 is 1.55 bits per heavy atom. The molecule has 0 radical (unpaired) electrons. The maximum atomic E-state index is 12.0. The maximum absolute atomic E-state index is 12.0. The third-order valence-electron chi connectivity index (χ3n) is 4.36. The summed E-state index contributed by atoms with van der Waals surface area (Å²) in [5.41, 5.74) is 1.55. The summed E-state index contributed by atoms with van der Waals surface area (Å²) < 4.78 is 5.47. The Hall–Kier alpha value is -1.85. The molecule has 0 bridgehead atoms. The second-order valence-corrected chi connectivity index (χ2v) is 5.86. The van der Waals surface area contributed by atoms with Crippen molar-refractivity contribution in [2.75, 3.05) is 31.1 Å². The van der Waals surface area contributed by atoms with Crippen LogP contribution in [0.1, 0.15) is 24.5 Å². The fourth-order valence-electron chi connectivity index (χ4n) is 3.15. The minimum atomic E-state index is -0.527. The van der Waals surface area contributed by atoms with Crippen LogP contribution in [0.3, 0.4) is 0 Å². The summed E-state index contributed by atoms with van der Waals surface area (Å²) in [5, 5.41) is 13.9. The number of hydrogen-bond acceptors (Lipinski definition) is 4. The van der Waals surface area contributed by atoms with Crippen molar-refractivity contribution in [3.63, 3.8) is 0 Å². The van der Waals surface area contributed by atoms with Crippen molar-refractivity contribution in [3.8, 4) is 5.75 Å². The molecule has 1 aromatic rings. The van der Waals surface area contributed by atoms with E-state index in [1.165, 1.54) is 0 Å². The first-order valence-corrected chi connectivity index (χ1v) is 7.77. The molecule has 1 saturated heterocycles. The zero-order chi connectivity index (χ0) is 15.5. The van der Waals surface area contributed by atoms with Crippen molar-refractivity contribution in [3.05, 3.63) is 36.4 Å². The molecular formula is C17H22N2O3. The third kappa shape index (κ3) is 2.87. The van der Waals surface area contributed by atoms with Gasteiger partial charge < -0.3 is 20.1 Å². The summed E-state index contributed by atoms with van der Waals surface area (Å²) in [5.74, 6) is 0.803. The SMILES string of the molecule is C=CCN1C(=O)COc2ccc(C(O)C3CCCNC3)cc21. The molecule has 0 aliphatic carbocycles. The molecule has 2 N–H and O–H groups in total. The molecule has 3 rings (SSSR count). The molecular weight excluding hydrogens is 280 g/mol. The van der Waals surface area contributed by atoms with E-state index in [1.807, 2.05) is 18.2 Å². The standard InChI is InChI=1S/C17H22N2O3/c1-2-8-19-14-9-12(5-6-15(14)22-11-16(19)20)17(21)13-4-3-7-18-10-13/h2,5-6,9,13,17-18,21H,1,3-4,7-8,10-11H2. The van der Waals surface area contributed by atoms with Gasteiger partial charge in [0.15, 0.2) is 6.61 Å². The van der Waals surface area contributed by atoms with Crippen LogP contribution in [0.15, 0.2) is 30.9 Å². The van der Waals surface area contributed by atoms with E-state index in [9.17, 15) is 9.90 Å². The van der Waals surface area contributed by atoms with Gasteiger partial charge in [0.1, 0.15) is 5.75 Å². The van der Waals surface area contributed by atoms with Crippen LogP contribution in [0.5, 0.6) is 5.75 Å². The second-order valence-electron chi connectivity index (χ2n) is 5.86. The first kappa shape index (κ1) is 15.1. The van der Waals surface area contributed by atoms with Crippen molar-refractivity contribution in [2.24, 2.45) is 5.92 Å². The summed E-state index contributed by atoms with van der Waals surface area (Å²) >= 11 is 0. The Labute approximate surface area is 130 Å². The number of aliphatic hydroxyl groups is 1. The molecule has 2 unspecified atom stereocenters. The zero-order valence-electron chi connectivity index (χ0n) is 12.6. The van der Waals surface area contributed by atoms with E-state index in [1.54, 1.807) is 11.0 Å². The summed E-state index contributed by atoms with van der Waals surface area (Å²) in [6, 6.07) is 5.60. The van der Waals surface area contributed by atoms with Gasteiger partial charge in [-0.2, -0.15) is 0 Å². The molecule has 0 saturated carbocycles. The summed E-state index contributed by atoms with van der Waals surface area (Å²) in [4.78, 5) is 13.7. The molecule has 0 aromatic heterocycles. The molecule has 1 aromatic carbocycles. The predicted octanol–water partition coefficient (Wildman–Crippen LogP) is 1.63. The second kappa shape index (κ2) is 6.50.